The number of ether oxygens (including phenoxy) is 3. The van der Waals surface area contributed by atoms with Gasteiger partial charge in [-0.15, -0.1) is 0 Å². The van der Waals surface area contributed by atoms with Crippen LogP contribution in [-0.4, -0.2) is 37.9 Å². The molecule has 0 aromatic heterocycles. The fourth-order valence-corrected chi connectivity index (χ4v) is 3.59. The van der Waals surface area contributed by atoms with Gasteiger partial charge in [0.1, 0.15) is 11.5 Å². The lowest BCUT2D eigenvalue weighted by atomic mass is 10.0. The lowest BCUT2D eigenvalue weighted by molar-refractivity contribution is -0.203. The van der Waals surface area contributed by atoms with Gasteiger partial charge in [0, 0.05) is 24.3 Å². The quantitative estimate of drug-likeness (QED) is 0.689. The molecule has 8 nitrogen and oxygen atoms in total. The Labute approximate surface area is 180 Å². The van der Waals surface area contributed by atoms with Crippen LogP contribution >= 0.6 is 0 Å². The van der Waals surface area contributed by atoms with Gasteiger partial charge in [0.05, 0.1) is 7.11 Å². The van der Waals surface area contributed by atoms with E-state index in [2.05, 4.69) is 10.8 Å². The van der Waals surface area contributed by atoms with E-state index in [-0.39, 0.29) is 11.8 Å². The van der Waals surface area contributed by atoms with Crippen molar-refractivity contribution in [2.45, 2.75) is 44.5 Å². The molecular weight excluding hydrogens is 400 g/mol. The molecule has 1 fully saturated rings. The van der Waals surface area contributed by atoms with Crippen molar-refractivity contribution in [3.8, 4) is 11.5 Å². The minimum Gasteiger partial charge on any atom is -0.497 e. The highest BCUT2D eigenvalue weighted by Gasteiger charge is 2.27. The van der Waals surface area contributed by atoms with Crippen LogP contribution in [0.1, 0.15) is 41.6 Å². The Bertz CT molecular complexity index is 924. The summed E-state index contributed by atoms with van der Waals surface area (Å²) in [5.41, 5.74) is 4.61. The number of nitrogens with one attached hydrogen (secondary N) is 2. The first-order valence-corrected chi connectivity index (χ1v) is 10.4. The van der Waals surface area contributed by atoms with Crippen LogP contribution in [0, 0.1) is 0 Å². The summed E-state index contributed by atoms with van der Waals surface area (Å²) in [6.45, 7) is 0.644. The van der Waals surface area contributed by atoms with Crippen molar-refractivity contribution >= 4 is 17.5 Å². The highest BCUT2D eigenvalue weighted by Crippen LogP contribution is 2.30. The Morgan fingerprint density at radius 2 is 1.90 bits per heavy atom. The molecule has 2 heterocycles. The van der Waals surface area contributed by atoms with Crippen molar-refractivity contribution in [2.75, 3.05) is 19.0 Å². The van der Waals surface area contributed by atoms with Crippen molar-refractivity contribution < 1.29 is 28.6 Å². The third-order valence-corrected chi connectivity index (χ3v) is 5.34. The predicted octanol–water partition coefficient (Wildman–Crippen LogP) is 3.22. The third-order valence-electron chi connectivity index (χ3n) is 5.34. The first-order chi connectivity index (χ1) is 15.1. The molecule has 31 heavy (non-hydrogen) atoms. The molecule has 0 saturated carbocycles. The number of hydrogen-bond donors (Lipinski definition) is 2. The van der Waals surface area contributed by atoms with E-state index in [1.54, 1.807) is 43.5 Å². The van der Waals surface area contributed by atoms with E-state index in [9.17, 15) is 9.59 Å². The van der Waals surface area contributed by atoms with Crippen molar-refractivity contribution in [3.05, 3.63) is 53.6 Å². The van der Waals surface area contributed by atoms with Gasteiger partial charge in [0.25, 0.3) is 11.8 Å². The van der Waals surface area contributed by atoms with Crippen molar-refractivity contribution in [3.63, 3.8) is 0 Å². The second-order valence-electron chi connectivity index (χ2n) is 7.53. The molecule has 2 atom stereocenters. The number of carbonyl (C=O) groups is 2. The standard InChI is InChI=1S/C23H26N2O6/c1-28-18-9-5-15(6-10-18)22(26)24-17-8-12-19-16(14-17)7-11-20(30-19)23(27)25-31-21-4-2-3-13-29-21/h5-6,8-10,12,14,20-21H,2-4,7,11,13H2,1H3,(H,24,26)(H,25,27). The van der Waals surface area contributed by atoms with Gasteiger partial charge >= 0.3 is 0 Å². The van der Waals surface area contributed by atoms with Gasteiger partial charge in [0.2, 0.25) is 0 Å². The van der Waals surface area contributed by atoms with E-state index in [4.69, 9.17) is 19.0 Å². The second kappa shape index (κ2) is 9.80. The Balaban J connectivity index is 1.32. The third kappa shape index (κ3) is 5.34. The normalized spacial score (nSPS) is 20.2. The van der Waals surface area contributed by atoms with Crippen LogP contribution < -0.4 is 20.3 Å². The first kappa shape index (κ1) is 21.1. The minimum absolute atomic E-state index is 0.210. The van der Waals surface area contributed by atoms with Crippen molar-refractivity contribution in [2.24, 2.45) is 0 Å². The van der Waals surface area contributed by atoms with Crippen LogP contribution in [0.25, 0.3) is 0 Å². The molecule has 2 aliphatic heterocycles. The van der Waals surface area contributed by atoms with Gasteiger partial charge in [-0.05, 0) is 73.7 Å². The van der Waals surface area contributed by atoms with Crippen LogP contribution in [0.2, 0.25) is 0 Å². The van der Waals surface area contributed by atoms with Crippen LogP contribution in [0.3, 0.4) is 0 Å². The number of hydrogen-bond acceptors (Lipinski definition) is 6. The molecule has 1 saturated heterocycles. The number of methoxy groups -OCH3 is 1. The SMILES string of the molecule is COc1ccc(C(=O)Nc2ccc3c(c2)CCC(C(=O)NOC2CCCCO2)O3)cc1. The van der Waals surface area contributed by atoms with Crippen molar-refractivity contribution in [1.29, 1.82) is 0 Å². The van der Waals surface area contributed by atoms with E-state index in [0.29, 0.717) is 42.2 Å². The molecule has 0 radical (unpaired) electrons. The first-order valence-electron chi connectivity index (χ1n) is 10.4. The Morgan fingerprint density at radius 1 is 1.06 bits per heavy atom. The highest BCUT2D eigenvalue weighted by atomic mass is 16.8. The smallest absolute Gasteiger partial charge is 0.284 e. The zero-order valence-corrected chi connectivity index (χ0v) is 17.4. The summed E-state index contributed by atoms with van der Waals surface area (Å²) in [4.78, 5) is 30.2. The number of fused-ring (bicyclic) bond motifs is 1. The maximum atomic E-state index is 12.5. The molecule has 8 heteroatoms. The number of aryl methyl sites for hydroxylation is 1. The summed E-state index contributed by atoms with van der Waals surface area (Å²) < 4.78 is 16.4. The molecule has 2 amide bonds. The number of benzene rings is 2. The van der Waals surface area contributed by atoms with E-state index in [1.807, 2.05) is 6.07 Å². The maximum Gasteiger partial charge on any atom is 0.284 e. The average Bonchev–Trinajstić information content (AvgIpc) is 2.83. The number of rotatable bonds is 6. The Morgan fingerprint density at radius 3 is 2.65 bits per heavy atom. The Kier molecular flexibility index (Phi) is 6.69. The summed E-state index contributed by atoms with van der Waals surface area (Å²) in [6.07, 6.45) is 2.94. The molecule has 2 unspecified atom stereocenters. The summed E-state index contributed by atoms with van der Waals surface area (Å²) in [6, 6.07) is 12.3. The van der Waals surface area contributed by atoms with Gasteiger partial charge in [-0.3, -0.25) is 9.59 Å². The summed E-state index contributed by atoms with van der Waals surface area (Å²) >= 11 is 0. The topological polar surface area (TPSA) is 95.1 Å². The molecule has 0 bridgehead atoms. The molecule has 2 N–H and O–H groups in total. The van der Waals surface area contributed by atoms with Crippen molar-refractivity contribution in [1.82, 2.24) is 5.48 Å². The monoisotopic (exact) mass is 426 g/mol. The van der Waals surface area contributed by atoms with Crippen LogP contribution in [0.15, 0.2) is 42.5 Å². The largest absolute Gasteiger partial charge is 0.497 e. The highest BCUT2D eigenvalue weighted by molar-refractivity contribution is 6.04. The van der Waals surface area contributed by atoms with E-state index >= 15 is 0 Å². The number of amides is 2. The van der Waals surface area contributed by atoms with Crippen LogP contribution in [0.4, 0.5) is 5.69 Å². The van der Waals surface area contributed by atoms with E-state index in [0.717, 1.165) is 24.8 Å². The molecule has 0 aliphatic carbocycles. The zero-order valence-electron chi connectivity index (χ0n) is 17.4. The van der Waals surface area contributed by atoms with Crippen LogP contribution in [0.5, 0.6) is 11.5 Å². The van der Waals surface area contributed by atoms with Gasteiger partial charge in [0.15, 0.2) is 12.4 Å². The average molecular weight is 426 g/mol. The zero-order chi connectivity index (χ0) is 21.6. The predicted molar refractivity (Wildman–Crippen MR) is 113 cm³/mol. The summed E-state index contributed by atoms with van der Waals surface area (Å²) in [5, 5.41) is 2.89. The number of carbonyl (C=O) groups excluding carboxylic acids is 2. The summed E-state index contributed by atoms with van der Waals surface area (Å²) in [5.74, 6) is 0.788. The van der Waals surface area contributed by atoms with Gasteiger partial charge in [-0.25, -0.2) is 10.3 Å². The molecule has 4 rings (SSSR count). The molecule has 164 valence electrons. The van der Waals surface area contributed by atoms with Gasteiger partial charge in [-0.2, -0.15) is 0 Å². The molecule has 2 aliphatic rings. The fourth-order valence-electron chi connectivity index (χ4n) is 3.59. The molecule has 0 spiro atoms. The van der Waals surface area contributed by atoms with E-state index < -0.39 is 12.4 Å². The van der Waals surface area contributed by atoms with Gasteiger partial charge < -0.3 is 19.5 Å². The second-order valence-corrected chi connectivity index (χ2v) is 7.53. The molecule has 2 aromatic carbocycles. The lowest BCUT2D eigenvalue weighted by Gasteiger charge is -2.27. The molecule has 2 aromatic rings. The van der Waals surface area contributed by atoms with E-state index in [1.165, 1.54) is 0 Å². The number of hydroxylamine groups is 1. The van der Waals surface area contributed by atoms with Gasteiger partial charge in [-0.1, -0.05) is 0 Å². The summed E-state index contributed by atoms with van der Waals surface area (Å²) in [7, 11) is 1.58. The molecular formula is C23H26N2O6. The maximum absolute atomic E-state index is 12.5. The fraction of sp³-hybridized carbons (Fsp3) is 0.391. The lowest BCUT2D eigenvalue weighted by Crippen LogP contribution is -2.42. The van der Waals surface area contributed by atoms with Crippen LogP contribution in [-0.2, 0) is 20.8 Å². The minimum atomic E-state index is -0.629. The number of anilines is 1. The Hall–Kier alpha value is -3.10.